The Balaban J connectivity index is 1.63. The minimum absolute atomic E-state index is 0.100. The van der Waals surface area contributed by atoms with Crippen molar-refractivity contribution in [3.63, 3.8) is 0 Å². The Bertz CT molecular complexity index is 260. The van der Waals surface area contributed by atoms with Crippen LogP contribution in [0, 0.1) is 5.92 Å². The first-order chi connectivity index (χ1) is 8.34. The van der Waals surface area contributed by atoms with Crippen molar-refractivity contribution in [3.05, 3.63) is 0 Å². The third kappa shape index (κ3) is 2.12. The molecule has 17 heavy (non-hydrogen) atoms. The molecule has 2 heterocycles. The van der Waals surface area contributed by atoms with Gasteiger partial charge in [-0.15, -0.1) is 0 Å². The number of hydrogen-bond acceptors (Lipinski definition) is 4. The first-order valence-corrected chi connectivity index (χ1v) is 6.95. The SMILES string of the molecule is COC1CCC(C2NCCOC23CNC3)CC1. The Kier molecular flexibility index (Phi) is 3.39. The second-order valence-electron chi connectivity index (χ2n) is 5.72. The summed E-state index contributed by atoms with van der Waals surface area (Å²) in [6.07, 6.45) is 5.47. The molecule has 2 N–H and O–H groups in total. The molecular formula is C13H24N2O2. The Labute approximate surface area is 103 Å². The number of hydrogen-bond donors (Lipinski definition) is 2. The van der Waals surface area contributed by atoms with Crippen molar-refractivity contribution in [2.45, 2.75) is 43.4 Å². The van der Waals surface area contributed by atoms with Crippen LogP contribution in [0.15, 0.2) is 0 Å². The van der Waals surface area contributed by atoms with Crippen LogP contribution in [-0.2, 0) is 9.47 Å². The summed E-state index contributed by atoms with van der Waals surface area (Å²) in [6.45, 7) is 3.92. The number of methoxy groups -OCH3 is 1. The summed E-state index contributed by atoms with van der Waals surface area (Å²) in [7, 11) is 1.84. The van der Waals surface area contributed by atoms with Crippen LogP contribution in [0.4, 0.5) is 0 Å². The van der Waals surface area contributed by atoms with E-state index in [1.165, 1.54) is 25.7 Å². The summed E-state index contributed by atoms with van der Waals surface area (Å²) in [6, 6.07) is 0.551. The van der Waals surface area contributed by atoms with Gasteiger partial charge in [-0.05, 0) is 31.6 Å². The predicted molar refractivity (Wildman–Crippen MR) is 66.1 cm³/mol. The van der Waals surface area contributed by atoms with Crippen molar-refractivity contribution in [3.8, 4) is 0 Å². The highest BCUT2D eigenvalue weighted by Crippen LogP contribution is 2.36. The van der Waals surface area contributed by atoms with Crippen molar-refractivity contribution >= 4 is 0 Å². The lowest BCUT2D eigenvalue weighted by atomic mass is 9.73. The molecule has 2 saturated heterocycles. The third-order valence-corrected chi connectivity index (χ3v) is 4.79. The van der Waals surface area contributed by atoms with E-state index in [-0.39, 0.29) is 5.60 Å². The molecule has 1 aliphatic carbocycles. The lowest BCUT2D eigenvalue weighted by Crippen LogP contribution is -2.75. The standard InChI is InChI=1S/C13H24N2O2/c1-16-11-4-2-10(3-5-11)12-13(8-14-9-13)17-7-6-15-12/h10-12,14-15H,2-9H2,1H3. The van der Waals surface area contributed by atoms with Gasteiger partial charge in [-0.3, -0.25) is 0 Å². The van der Waals surface area contributed by atoms with E-state index >= 15 is 0 Å². The van der Waals surface area contributed by atoms with E-state index in [0.29, 0.717) is 12.1 Å². The van der Waals surface area contributed by atoms with Gasteiger partial charge in [-0.25, -0.2) is 0 Å². The molecule has 1 spiro atoms. The van der Waals surface area contributed by atoms with E-state index in [1.54, 1.807) is 0 Å². The first kappa shape index (κ1) is 11.9. The molecule has 4 heteroatoms. The largest absolute Gasteiger partial charge is 0.381 e. The molecule has 3 aliphatic rings. The number of ether oxygens (including phenoxy) is 2. The molecule has 3 fully saturated rings. The molecule has 3 rings (SSSR count). The summed E-state index contributed by atoms with van der Waals surface area (Å²) < 4.78 is 11.5. The quantitative estimate of drug-likeness (QED) is 0.738. The molecule has 0 aromatic rings. The summed E-state index contributed by atoms with van der Waals surface area (Å²) >= 11 is 0. The highest BCUT2D eigenvalue weighted by Gasteiger charge is 2.50. The van der Waals surface area contributed by atoms with Crippen LogP contribution in [-0.4, -0.2) is 51.1 Å². The number of rotatable bonds is 2. The zero-order chi connectivity index (χ0) is 11.7. The molecule has 0 aromatic carbocycles. The van der Waals surface area contributed by atoms with E-state index in [2.05, 4.69) is 10.6 Å². The van der Waals surface area contributed by atoms with E-state index in [4.69, 9.17) is 9.47 Å². The van der Waals surface area contributed by atoms with Crippen molar-refractivity contribution in [2.24, 2.45) is 5.92 Å². The van der Waals surface area contributed by atoms with E-state index in [0.717, 1.165) is 32.2 Å². The maximum Gasteiger partial charge on any atom is 0.108 e. The Hall–Kier alpha value is -0.160. The van der Waals surface area contributed by atoms with Gasteiger partial charge >= 0.3 is 0 Å². The number of morpholine rings is 1. The smallest absolute Gasteiger partial charge is 0.108 e. The number of nitrogens with one attached hydrogen (secondary N) is 2. The molecule has 1 saturated carbocycles. The van der Waals surface area contributed by atoms with E-state index < -0.39 is 0 Å². The summed E-state index contributed by atoms with van der Waals surface area (Å²) in [4.78, 5) is 0. The maximum atomic E-state index is 6.06. The molecule has 98 valence electrons. The van der Waals surface area contributed by atoms with Crippen LogP contribution in [0.1, 0.15) is 25.7 Å². The molecule has 0 amide bonds. The average Bonchev–Trinajstić information content (AvgIpc) is 2.37. The van der Waals surface area contributed by atoms with Gasteiger partial charge in [-0.2, -0.15) is 0 Å². The Morgan fingerprint density at radius 2 is 1.94 bits per heavy atom. The highest BCUT2D eigenvalue weighted by molar-refractivity contribution is 5.08. The van der Waals surface area contributed by atoms with Crippen LogP contribution in [0.5, 0.6) is 0 Å². The maximum absolute atomic E-state index is 6.06. The van der Waals surface area contributed by atoms with Crippen LogP contribution < -0.4 is 10.6 Å². The van der Waals surface area contributed by atoms with Crippen molar-refractivity contribution in [2.75, 3.05) is 33.4 Å². The molecule has 4 nitrogen and oxygen atoms in total. The predicted octanol–water partition coefficient (Wildman–Crippen LogP) is 0.522. The fourth-order valence-electron chi connectivity index (χ4n) is 3.69. The van der Waals surface area contributed by atoms with E-state index in [1.807, 2.05) is 7.11 Å². The molecule has 1 atom stereocenters. The van der Waals surface area contributed by atoms with Crippen LogP contribution in [0.2, 0.25) is 0 Å². The van der Waals surface area contributed by atoms with Crippen molar-refractivity contribution < 1.29 is 9.47 Å². The van der Waals surface area contributed by atoms with Gasteiger partial charge in [0.25, 0.3) is 0 Å². The van der Waals surface area contributed by atoms with Gasteiger partial charge < -0.3 is 20.1 Å². The molecule has 2 aliphatic heterocycles. The normalized spacial score (nSPS) is 41.1. The molecule has 1 unspecified atom stereocenters. The lowest BCUT2D eigenvalue weighted by Gasteiger charge is -2.54. The van der Waals surface area contributed by atoms with Crippen molar-refractivity contribution in [1.82, 2.24) is 10.6 Å². The summed E-state index contributed by atoms with van der Waals surface area (Å²) in [5.74, 6) is 0.767. The minimum atomic E-state index is 0.100. The first-order valence-electron chi connectivity index (χ1n) is 6.95. The molecular weight excluding hydrogens is 216 g/mol. The van der Waals surface area contributed by atoms with Gasteiger partial charge in [0.2, 0.25) is 0 Å². The summed E-state index contributed by atoms with van der Waals surface area (Å²) in [5, 5.41) is 7.08. The monoisotopic (exact) mass is 240 g/mol. The van der Waals surface area contributed by atoms with Gasteiger partial charge in [0.05, 0.1) is 12.7 Å². The second-order valence-corrected chi connectivity index (χ2v) is 5.72. The third-order valence-electron chi connectivity index (χ3n) is 4.79. The minimum Gasteiger partial charge on any atom is -0.381 e. The lowest BCUT2D eigenvalue weighted by molar-refractivity contribution is -0.144. The van der Waals surface area contributed by atoms with Gasteiger partial charge in [-0.1, -0.05) is 0 Å². The van der Waals surface area contributed by atoms with Gasteiger partial charge in [0.1, 0.15) is 5.60 Å². The highest BCUT2D eigenvalue weighted by atomic mass is 16.5. The Morgan fingerprint density at radius 1 is 1.18 bits per heavy atom. The zero-order valence-corrected chi connectivity index (χ0v) is 10.7. The average molecular weight is 240 g/mol. The van der Waals surface area contributed by atoms with Crippen LogP contribution in [0.25, 0.3) is 0 Å². The van der Waals surface area contributed by atoms with E-state index in [9.17, 15) is 0 Å². The topological polar surface area (TPSA) is 42.5 Å². The van der Waals surface area contributed by atoms with Gasteiger partial charge in [0.15, 0.2) is 0 Å². The van der Waals surface area contributed by atoms with Crippen LogP contribution >= 0.6 is 0 Å². The fourth-order valence-corrected chi connectivity index (χ4v) is 3.69. The zero-order valence-electron chi connectivity index (χ0n) is 10.7. The fraction of sp³-hybridized carbons (Fsp3) is 1.00. The Morgan fingerprint density at radius 3 is 2.53 bits per heavy atom. The molecule has 0 aromatic heterocycles. The van der Waals surface area contributed by atoms with Crippen LogP contribution in [0.3, 0.4) is 0 Å². The summed E-state index contributed by atoms with van der Waals surface area (Å²) in [5.41, 5.74) is 0.100. The molecule has 0 radical (unpaired) electrons. The molecule has 0 bridgehead atoms. The van der Waals surface area contributed by atoms with Gasteiger partial charge in [0, 0.05) is 32.8 Å². The van der Waals surface area contributed by atoms with Crippen molar-refractivity contribution in [1.29, 1.82) is 0 Å². The second kappa shape index (κ2) is 4.84.